The van der Waals surface area contributed by atoms with E-state index in [1.165, 1.54) is 0 Å². The molecule has 0 aromatic heterocycles. The molecule has 1 unspecified atom stereocenters. The number of nitrogens with zero attached hydrogens (tertiary/aromatic N) is 1. The van der Waals surface area contributed by atoms with Crippen LogP contribution < -0.4 is 5.32 Å². The Hall–Kier alpha value is -1.26. The van der Waals surface area contributed by atoms with Crippen LogP contribution in [0.2, 0.25) is 0 Å². The Bertz CT molecular complexity index is 243. The highest BCUT2D eigenvalue weighted by Gasteiger charge is 2.28. The van der Waals surface area contributed by atoms with Gasteiger partial charge in [0.25, 0.3) is 0 Å². The van der Waals surface area contributed by atoms with E-state index in [0.717, 1.165) is 12.8 Å². The maximum atomic E-state index is 11.4. The van der Waals surface area contributed by atoms with E-state index >= 15 is 0 Å². The highest BCUT2D eigenvalue weighted by molar-refractivity contribution is 5.79. The highest BCUT2D eigenvalue weighted by Crippen LogP contribution is 2.17. The normalized spacial score (nSPS) is 20.9. The molecule has 1 fully saturated rings. The molecule has 0 aliphatic carbocycles. The zero-order valence-corrected chi connectivity index (χ0v) is 9.28. The summed E-state index contributed by atoms with van der Waals surface area (Å²) in [5.41, 5.74) is 0. The topological polar surface area (TPSA) is 58.6 Å². The number of carbonyl (C=O) groups is 2. The smallest absolute Gasteiger partial charge is 0.409 e. The molecule has 1 saturated heterocycles. The van der Waals surface area contributed by atoms with Crippen LogP contribution in [0.25, 0.3) is 0 Å². The number of likely N-dealkylation sites (tertiary alicyclic amines) is 1. The molecule has 1 aliphatic rings. The van der Waals surface area contributed by atoms with Crippen molar-refractivity contribution in [1.29, 1.82) is 0 Å². The van der Waals surface area contributed by atoms with Crippen molar-refractivity contribution in [2.75, 3.05) is 26.7 Å². The third kappa shape index (κ3) is 3.11. The summed E-state index contributed by atoms with van der Waals surface area (Å²) in [5.74, 6) is -0.0860. The number of piperidine rings is 1. The average molecular weight is 214 g/mol. The van der Waals surface area contributed by atoms with Crippen molar-refractivity contribution >= 4 is 12.0 Å². The molecule has 1 atom stereocenters. The molecule has 1 aliphatic heterocycles. The van der Waals surface area contributed by atoms with E-state index in [1.807, 2.05) is 0 Å². The standard InChI is InChI=1S/C10H18N2O3/c1-3-15-10(14)12-6-4-5-8(7-12)9(13)11-2/h8H,3-7H2,1-2H3,(H,11,13). The molecule has 5 heteroatoms. The molecule has 0 spiro atoms. The van der Waals surface area contributed by atoms with Crippen molar-refractivity contribution < 1.29 is 14.3 Å². The van der Waals surface area contributed by atoms with E-state index in [4.69, 9.17) is 4.74 Å². The maximum absolute atomic E-state index is 11.4. The van der Waals surface area contributed by atoms with E-state index in [9.17, 15) is 9.59 Å². The molecular weight excluding hydrogens is 196 g/mol. The van der Waals surface area contributed by atoms with Gasteiger partial charge < -0.3 is 15.0 Å². The largest absolute Gasteiger partial charge is 0.450 e. The van der Waals surface area contributed by atoms with E-state index in [2.05, 4.69) is 5.32 Å². The molecule has 1 N–H and O–H groups in total. The van der Waals surface area contributed by atoms with Crippen LogP contribution in [0.15, 0.2) is 0 Å². The SMILES string of the molecule is CCOC(=O)N1CCCC(C(=O)NC)C1. The van der Waals surface area contributed by atoms with Crippen LogP contribution in [-0.4, -0.2) is 43.6 Å². The lowest BCUT2D eigenvalue weighted by atomic mass is 9.98. The molecule has 0 radical (unpaired) electrons. The van der Waals surface area contributed by atoms with Gasteiger partial charge >= 0.3 is 6.09 Å². The Morgan fingerprint density at radius 2 is 2.27 bits per heavy atom. The van der Waals surface area contributed by atoms with Crippen LogP contribution in [0.3, 0.4) is 0 Å². The summed E-state index contributed by atoms with van der Waals surface area (Å²) in [6, 6.07) is 0. The zero-order chi connectivity index (χ0) is 11.3. The molecule has 5 nitrogen and oxygen atoms in total. The van der Waals surface area contributed by atoms with Gasteiger partial charge in [-0.3, -0.25) is 4.79 Å². The number of carbonyl (C=O) groups excluding carboxylic acids is 2. The van der Waals surface area contributed by atoms with E-state index in [-0.39, 0.29) is 17.9 Å². The number of amides is 2. The van der Waals surface area contributed by atoms with Crippen LogP contribution in [0.5, 0.6) is 0 Å². The van der Waals surface area contributed by atoms with Crippen molar-refractivity contribution in [2.24, 2.45) is 5.92 Å². The Morgan fingerprint density at radius 1 is 1.53 bits per heavy atom. The summed E-state index contributed by atoms with van der Waals surface area (Å²) in [5, 5.41) is 2.61. The summed E-state index contributed by atoms with van der Waals surface area (Å²) in [7, 11) is 1.62. The van der Waals surface area contributed by atoms with E-state index < -0.39 is 0 Å². The van der Waals surface area contributed by atoms with Gasteiger partial charge in [-0.1, -0.05) is 0 Å². The maximum Gasteiger partial charge on any atom is 0.409 e. The second-order valence-electron chi connectivity index (χ2n) is 3.60. The van der Waals surface area contributed by atoms with Crippen LogP contribution >= 0.6 is 0 Å². The van der Waals surface area contributed by atoms with Crippen molar-refractivity contribution in [1.82, 2.24) is 10.2 Å². The highest BCUT2D eigenvalue weighted by atomic mass is 16.6. The summed E-state index contributed by atoms with van der Waals surface area (Å²) in [6.45, 7) is 3.31. The number of ether oxygens (including phenoxy) is 1. The van der Waals surface area contributed by atoms with Gasteiger partial charge in [-0.15, -0.1) is 0 Å². The van der Waals surface area contributed by atoms with Gasteiger partial charge in [0.2, 0.25) is 5.91 Å². The molecule has 1 rings (SSSR count). The first-order valence-electron chi connectivity index (χ1n) is 5.32. The molecule has 0 bridgehead atoms. The van der Waals surface area contributed by atoms with Crippen LogP contribution in [0, 0.1) is 5.92 Å². The first-order chi connectivity index (χ1) is 7.19. The Balaban J connectivity index is 2.48. The lowest BCUT2D eigenvalue weighted by Crippen LogP contribution is -2.45. The first kappa shape index (κ1) is 11.8. The third-order valence-electron chi connectivity index (χ3n) is 2.56. The van der Waals surface area contributed by atoms with Crippen LogP contribution in [0.1, 0.15) is 19.8 Å². The average Bonchev–Trinajstić information content (AvgIpc) is 2.28. The predicted octanol–water partition coefficient (Wildman–Crippen LogP) is 0.601. The van der Waals surface area contributed by atoms with Gasteiger partial charge in [0.15, 0.2) is 0 Å². The van der Waals surface area contributed by atoms with E-state index in [1.54, 1.807) is 18.9 Å². The monoisotopic (exact) mass is 214 g/mol. The lowest BCUT2D eigenvalue weighted by Gasteiger charge is -2.30. The minimum absolute atomic E-state index is 0.00370. The minimum atomic E-state index is -0.314. The Labute approximate surface area is 89.8 Å². The summed E-state index contributed by atoms with van der Waals surface area (Å²) in [4.78, 5) is 24.4. The molecule has 1 heterocycles. The second kappa shape index (κ2) is 5.58. The molecule has 86 valence electrons. The van der Waals surface area contributed by atoms with Gasteiger partial charge in [0.05, 0.1) is 12.5 Å². The fourth-order valence-corrected chi connectivity index (χ4v) is 1.78. The summed E-state index contributed by atoms with van der Waals surface area (Å²) in [6.07, 6.45) is 1.39. The van der Waals surface area contributed by atoms with E-state index in [0.29, 0.717) is 19.7 Å². The number of nitrogens with one attached hydrogen (secondary N) is 1. The summed E-state index contributed by atoms with van der Waals surface area (Å²) < 4.78 is 4.90. The minimum Gasteiger partial charge on any atom is -0.450 e. The fraction of sp³-hybridized carbons (Fsp3) is 0.800. The van der Waals surface area contributed by atoms with Crippen molar-refractivity contribution in [2.45, 2.75) is 19.8 Å². The number of hydrogen-bond donors (Lipinski definition) is 1. The fourth-order valence-electron chi connectivity index (χ4n) is 1.78. The van der Waals surface area contributed by atoms with Gasteiger partial charge in [-0.05, 0) is 19.8 Å². The Kier molecular flexibility index (Phi) is 4.39. The first-order valence-corrected chi connectivity index (χ1v) is 5.32. The molecule has 15 heavy (non-hydrogen) atoms. The predicted molar refractivity (Wildman–Crippen MR) is 55.4 cm³/mol. The number of hydrogen-bond acceptors (Lipinski definition) is 3. The van der Waals surface area contributed by atoms with Gasteiger partial charge in [0.1, 0.15) is 0 Å². The van der Waals surface area contributed by atoms with Crippen molar-refractivity contribution in [3.8, 4) is 0 Å². The lowest BCUT2D eigenvalue weighted by molar-refractivity contribution is -0.125. The van der Waals surface area contributed by atoms with Gasteiger partial charge in [-0.25, -0.2) is 4.79 Å². The third-order valence-corrected chi connectivity index (χ3v) is 2.56. The van der Waals surface area contributed by atoms with Gasteiger partial charge in [0, 0.05) is 20.1 Å². The van der Waals surface area contributed by atoms with Crippen molar-refractivity contribution in [3.05, 3.63) is 0 Å². The second-order valence-corrected chi connectivity index (χ2v) is 3.60. The molecule has 0 saturated carbocycles. The molecule has 2 amide bonds. The molecule has 0 aromatic carbocycles. The quantitative estimate of drug-likeness (QED) is 0.732. The molecule has 0 aromatic rings. The van der Waals surface area contributed by atoms with Crippen LogP contribution in [-0.2, 0) is 9.53 Å². The zero-order valence-electron chi connectivity index (χ0n) is 9.28. The van der Waals surface area contributed by atoms with Crippen LogP contribution in [0.4, 0.5) is 4.79 Å². The number of rotatable bonds is 2. The van der Waals surface area contributed by atoms with Crippen molar-refractivity contribution in [3.63, 3.8) is 0 Å². The molecular formula is C10H18N2O3. The summed E-state index contributed by atoms with van der Waals surface area (Å²) >= 11 is 0. The Morgan fingerprint density at radius 3 is 2.87 bits per heavy atom. The van der Waals surface area contributed by atoms with Gasteiger partial charge in [-0.2, -0.15) is 0 Å².